The summed E-state index contributed by atoms with van der Waals surface area (Å²) >= 11 is 6.54. The van der Waals surface area contributed by atoms with Crippen molar-refractivity contribution in [1.29, 1.82) is 0 Å². The number of morpholine rings is 1. The fraction of sp³-hybridized carbons (Fsp3) is 0.708. The van der Waals surface area contributed by atoms with Gasteiger partial charge in [-0.1, -0.05) is 17.7 Å². The van der Waals surface area contributed by atoms with Crippen LogP contribution in [0.25, 0.3) is 0 Å². The number of rotatable bonds is 7. The van der Waals surface area contributed by atoms with Crippen LogP contribution in [0.4, 0.5) is 0 Å². The van der Waals surface area contributed by atoms with Gasteiger partial charge in [0, 0.05) is 43.2 Å². The number of benzene rings is 1. The van der Waals surface area contributed by atoms with Crippen LogP contribution in [-0.4, -0.2) is 78.5 Å². The van der Waals surface area contributed by atoms with Gasteiger partial charge in [0.05, 0.1) is 18.8 Å². The molecule has 6 nitrogen and oxygen atoms in total. The number of aliphatic hydroxyl groups is 1. The van der Waals surface area contributed by atoms with Crippen molar-refractivity contribution in [2.45, 2.75) is 57.1 Å². The van der Waals surface area contributed by atoms with Crippen LogP contribution in [0.15, 0.2) is 18.2 Å². The maximum absolute atomic E-state index is 13.0. The zero-order chi connectivity index (χ0) is 21.8. The largest absolute Gasteiger partial charge is 0.492 e. The smallest absolute Gasteiger partial charge is 0.226 e. The number of carbonyl (C=O) groups excluding carboxylic acids is 1. The van der Waals surface area contributed by atoms with Crippen molar-refractivity contribution in [2.24, 2.45) is 5.92 Å². The molecule has 0 radical (unpaired) electrons. The second-order valence-electron chi connectivity index (χ2n) is 9.51. The molecule has 1 atom stereocenters. The Bertz CT molecular complexity index is 756. The van der Waals surface area contributed by atoms with E-state index in [1.807, 2.05) is 25.1 Å². The number of carbonyl (C=O) groups is 1. The van der Waals surface area contributed by atoms with E-state index in [4.69, 9.17) is 21.1 Å². The third-order valence-corrected chi connectivity index (χ3v) is 7.45. The maximum atomic E-state index is 13.0. The monoisotopic (exact) mass is 450 g/mol. The van der Waals surface area contributed by atoms with Crippen molar-refractivity contribution in [3.63, 3.8) is 0 Å². The number of likely N-dealkylation sites (tertiary alicyclic amines) is 1. The number of hydrogen-bond donors (Lipinski definition) is 1. The fourth-order valence-electron chi connectivity index (χ4n) is 5.02. The maximum Gasteiger partial charge on any atom is 0.226 e. The molecule has 0 bridgehead atoms. The molecule has 1 aliphatic carbocycles. The standard InChI is InChI=1S/C24H35ClN2O4/c1-24(29)7-4-20(5-8-24)27-9-6-19(23(27)28)16-18-2-3-21(17-22(18)25)31-15-12-26-10-13-30-14-11-26/h2-3,17,19-20,29H,4-16H2,1H3. The van der Waals surface area contributed by atoms with E-state index in [9.17, 15) is 9.90 Å². The lowest BCUT2D eigenvalue weighted by atomic mass is 9.83. The minimum absolute atomic E-state index is 0.00646. The summed E-state index contributed by atoms with van der Waals surface area (Å²) in [6.45, 7) is 7.71. The molecule has 1 saturated carbocycles. The van der Waals surface area contributed by atoms with Crippen LogP contribution in [0.1, 0.15) is 44.6 Å². The summed E-state index contributed by atoms with van der Waals surface area (Å²) in [6, 6.07) is 6.10. The quantitative estimate of drug-likeness (QED) is 0.691. The molecule has 3 aliphatic rings. The summed E-state index contributed by atoms with van der Waals surface area (Å²) in [6.07, 6.45) is 4.87. The van der Waals surface area contributed by atoms with E-state index < -0.39 is 5.60 Å². The predicted octanol–water partition coefficient (Wildman–Crippen LogP) is 3.14. The molecule has 1 N–H and O–H groups in total. The van der Waals surface area contributed by atoms with Crippen LogP contribution in [0.3, 0.4) is 0 Å². The Hall–Kier alpha value is -1.34. The van der Waals surface area contributed by atoms with Gasteiger partial charge < -0.3 is 19.5 Å². The highest BCUT2D eigenvalue weighted by Crippen LogP contribution is 2.35. The van der Waals surface area contributed by atoms with Crippen molar-refractivity contribution < 1.29 is 19.4 Å². The van der Waals surface area contributed by atoms with Gasteiger partial charge in [-0.3, -0.25) is 9.69 Å². The molecule has 172 valence electrons. The highest BCUT2D eigenvalue weighted by atomic mass is 35.5. The Morgan fingerprint density at radius 2 is 1.94 bits per heavy atom. The van der Waals surface area contributed by atoms with Crippen LogP contribution in [0, 0.1) is 5.92 Å². The van der Waals surface area contributed by atoms with E-state index in [0.29, 0.717) is 18.1 Å². The Morgan fingerprint density at radius 3 is 2.65 bits per heavy atom. The zero-order valence-corrected chi connectivity index (χ0v) is 19.3. The second-order valence-corrected chi connectivity index (χ2v) is 9.91. The molecule has 4 rings (SSSR count). The summed E-state index contributed by atoms with van der Waals surface area (Å²) in [4.78, 5) is 17.4. The third-order valence-electron chi connectivity index (χ3n) is 7.09. The molecule has 7 heteroatoms. The summed E-state index contributed by atoms with van der Waals surface area (Å²) < 4.78 is 11.3. The molecule has 1 aromatic rings. The second kappa shape index (κ2) is 10.1. The minimum atomic E-state index is -0.571. The van der Waals surface area contributed by atoms with Gasteiger partial charge in [0.1, 0.15) is 12.4 Å². The van der Waals surface area contributed by atoms with Crippen molar-refractivity contribution in [2.75, 3.05) is 46.0 Å². The highest BCUT2D eigenvalue weighted by Gasteiger charge is 2.39. The van der Waals surface area contributed by atoms with Gasteiger partial charge in [0.2, 0.25) is 5.91 Å². The molecule has 2 heterocycles. The molecule has 1 aromatic carbocycles. The summed E-state index contributed by atoms with van der Waals surface area (Å²) in [5.74, 6) is 1.01. The first kappa shape index (κ1) is 22.8. The Kier molecular flexibility index (Phi) is 7.42. The lowest BCUT2D eigenvalue weighted by Gasteiger charge is -2.37. The van der Waals surface area contributed by atoms with Gasteiger partial charge in [-0.05, 0) is 63.1 Å². The molecular weight excluding hydrogens is 416 g/mol. The summed E-state index contributed by atoms with van der Waals surface area (Å²) in [5.41, 5.74) is 0.437. The highest BCUT2D eigenvalue weighted by molar-refractivity contribution is 6.31. The minimum Gasteiger partial charge on any atom is -0.492 e. The third kappa shape index (κ3) is 5.92. The number of halogens is 1. The first-order valence-electron chi connectivity index (χ1n) is 11.7. The summed E-state index contributed by atoms with van der Waals surface area (Å²) in [7, 11) is 0. The van der Waals surface area contributed by atoms with E-state index in [1.54, 1.807) is 0 Å². The van der Waals surface area contributed by atoms with Crippen LogP contribution in [0.5, 0.6) is 5.75 Å². The molecule has 1 amide bonds. The Labute approximate surface area is 190 Å². The van der Waals surface area contributed by atoms with Crippen molar-refractivity contribution in [3.8, 4) is 5.75 Å². The van der Waals surface area contributed by atoms with Gasteiger partial charge in [0.25, 0.3) is 0 Å². The number of amides is 1. The first-order chi connectivity index (χ1) is 14.9. The fourth-order valence-corrected chi connectivity index (χ4v) is 5.26. The molecule has 31 heavy (non-hydrogen) atoms. The predicted molar refractivity (Wildman–Crippen MR) is 121 cm³/mol. The lowest BCUT2D eigenvalue weighted by Crippen LogP contribution is -2.43. The molecule has 3 fully saturated rings. The van der Waals surface area contributed by atoms with E-state index in [2.05, 4.69) is 9.80 Å². The molecule has 0 spiro atoms. The molecule has 1 unspecified atom stereocenters. The Morgan fingerprint density at radius 1 is 1.19 bits per heavy atom. The number of hydrogen-bond acceptors (Lipinski definition) is 5. The SMILES string of the molecule is CC1(O)CCC(N2CCC(Cc3ccc(OCCN4CCOCC4)cc3Cl)C2=O)CC1. The number of ether oxygens (including phenoxy) is 2. The van der Waals surface area contributed by atoms with Crippen LogP contribution >= 0.6 is 11.6 Å². The normalized spacial score (nSPS) is 30.0. The van der Waals surface area contributed by atoms with Gasteiger partial charge in [-0.25, -0.2) is 0 Å². The van der Waals surface area contributed by atoms with Gasteiger partial charge in [-0.2, -0.15) is 0 Å². The van der Waals surface area contributed by atoms with Gasteiger partial charge >= 0.3 is 0 Å². The van der Waals surface area contributed by atoms with Crippen LogP contribution < -0.4 is 4.74 Å². The molecular formula is C24H35ClN2O4. The topological polar surface area (TPSA) is 62.2 Å². The van der Waals surface area contributed by atoms with Gasteiger partial charge in [-0.15, -0.1) is 0 Å². The van der Waals surface area contributed by atoms with Crippen LogP contribution in [0.2, 0.25) is 5.02 Å². The Balaban J connectivity index is 1.26. The lowest BCUT2D eigenvalue weighted by molar-refractivity contribution is -0.134. The molecule has 0 aromatic heterocycles. The average molecular weight is 451 g/mol. The first-order valence-corrected chi connectivity index (χ1v) is 12.0. The van der Waals surface area contributed by atoms with Crippen molar-refractivity contribution in [3.05, 3.63) is 28.8 Å². The van der Waals surface area contributed by atoms with E-state index in [1.165, 1.54) is 0 Å². The summed E-state index contributed by atoms with van der Waals surface area (Å²) in [5, 5.41) is 10.9. The number of nitrogens with zero attached hydrogens (tertiary/aromatic N) is 2. The van der Waals surface area contributed by atoms with E-state index >= 15 is 0 Å². The van der Waals surface area contributed by atoms with Gasteiger partial charge in [0.15, 0.2) is 0 Å². The van der Waals surface area contributed by atoms with Crippen LogP contribution in [-0.2, 0) is 16.0 Å². The van der Waals surface area contributed by atoms with E-state index in [0.717, 1.165) is 82.8 Å². The van der Waals surface area contributed by atoms with E-state index in [-0.39, 0.29) is 17.9 Å². The van der Waals surface area contributed by atoms with Crippen molar-refractivity contribution >= 4 is 17.5 Å². The molecule has 2 aliphatic heterocycles. The zero-order valence-electron chi connectivity index (χ0n) is 18.5. The molecule has 2 saturated heterocycles. The van der Waals surface area contributed by atoms with Crippen molar-refractivity contribution in [1.82, 2.24) is 9.80 Å². The average Bonchev–Trinajstić information content (AvgIpc) is 3.11.